The molecule has 164 valence electrons. The van der Waals surface area contributed by atoms with Gasteiger partial charge < -0.3 is 4.90 Å². The molecule has 0 saturated heterocycles. The van der Waals surface area contributed by atoms with Crippen molar-refractivity contribution in [1.29, 1.82) is 0 Å². The lowest BCUT2D eigenvalue weighted by atomic mass is 10.1. The van der Waals surface area contributed by atoms with Crippen LogP contribution in [0.1, 0.15) is 23.6 Å². The lowest BCUT2D eigenvalue weighted by Gasteiger charge is -2.22. The first-order valence-electron chi connectivity index (χ1n) is 10.5. The number of aromatic nitrogens is 2. The summed E-state index contributed by atoms with van der Waals surface area (Å²) in [6.45, 7) is 6.61. The number of nitrogens with zero attached hydrogens (tertiary/aromatic N) is 3. The van der Waals surface area contributed by atoms with Gasteiger partial charge in [-0.3, -0.25) is 14.2 Å². The number of hydrogen-bond acceptors (Lipinski definition) is 4. The van der Waals surface area contributed by atoms with Gasteiger partial charge in [0.15, 0.2) is 0 Å². The van der Waals surface area contributed by atoms with Crippen molar-refractivity contribution in [1.82, 2.24) is 14.0 Å². The highest BCUT2D eigenvalue weighted by atomic mass is 32.1. The Kier molecular flexibility index (Phi) is 6.10. The van der Waals surface area contributed by atoms with Gasteiger partial charge in [-0.1, -0.05) is 42.5 Å². The zero-order chi connectivity index (χ0) is 22.8. The standard InChI is InChI=1S/C25H25N3O3S/c1-4-26(15-19-10-6-5-7-11-19)22(29)16-27-21-13-14-32-23(21)24(30)28(25(27)31)20-12-8-9-17(2)18(20)3/h5-14H,4,15-16H2,1-3H3. The molecule has 4 aromatic rings. The lowest BCUT2D eigenvalue weighted by molar-refractivity contribution is -0.132. The molecule has 0 aliphatic rings. The van der Waals surface area contributed by atoms with Gasteiger partial charge in [-0.2, -0.15) is 0 Å². The van der Waals surface area contributed by atoms with E-state index in [1.165, 1.54) is 20.5 Å². The average Bonchev–Trinajstić information content (AvgIpc) is 3.28. The number of hydrogen-bond donors (Lipinski definition) is 0. The minimum absolute atomic E-state index is 0.127. The van der Waals surface area contributed by atoms with Crippen LogP contribution in [0.3, 0.4) is 0 Å². The number of carbonyl (C=O) groups is 1. The first-order chi connectivity index (χ1) is 15.4. The summed E-state index contributed by atoms with van der Waals surface area (Å²) in [5.74, 6) is -0.169. The van der Waals surface area contributed by atoms with Crippen LogP contribution in [0.25, 0.3) is 15.9 Å². The Morgan fingerprint density at radius 3 is 2.47 bits per heavy atom. The Morgan fingerprint density at radius 2 is 1.75 bits per heavy atom. The summed E-state index contributed by atoms with van der Waals surface area (Å²) < 4.78 is 3.08. The van der Waals surface area contributed by atoms with Crippen LogP contribution in [0.15, 0.2) is 69.6 Å². The second-order valence-electron chi connectivity index (χ2n) is 7.76. The van der Waals surface area contributed by atoms with E-state index in [0.717, 1.165) is 16.7 Å². The second kappa shape index (κ2) is 8.96. The molecule has 0 radical (unpaired) electrons. The third kappa shape index (κ3) is 3.91. The highest BCUT2D eigenvalue weighted by Gasteiger charge is 2.21. The molecular weight excluding hydrogens is 422 g/mol. The van der Waals surface area contributed by atoms with Crippen LogP contribution in [0, 0.1) is 13.8 Å². The van der Waals surface area contributed by atoms with Crippen molar-refractivity contribution in [2.24, 2.45) is 0 Å². The van der Waals surface area contributed by atoms with Crippen LogP contribution in [0.4, 0.5) is 0 Å². The van der Waals surface area contributed by atoms with E-state index in [2.05, 4.69) is 0 Å². The summed E-state index contributed by atoms with van der Waals surface area (Å²) in [5.41, 5.74) is 3.06. The van der Waals surface area contributed by atoms with Crippen LogP contribution in [-0.4, -0.2) is 26.5 Å². The first-order valence-corrected chi connectivity index (χ1v) is 11.4. The maximum Gasteiger partial charge on any atom is 0.336 e. The molecule has 2 aromatic carbocycles. The number of likely N-dealkylation sites (N-methyl/N-ethyl adjacent to an activating group) is 1. The predicted octanol–water partition coefficient (Wildman–Crippen LogP) is 3.88. The Hall–Kier alpha value is -3.45. The highest BCUT2D eigenvalue weighted by molar-refractivity contribution is 7.17. The molecule has 4 rings (SSSR count). The quantitative estimate of drug-likeness (QED) is 0.451. The van der Waals surface area contributed by atoms with Crippen molar-refractivity contribution in [3.63, 3.8) is 0 Å². The van der Waals surface area contributed by atoms with Crippen LogP contribution in [-0.2, 0) is 17.9 Å². The summed E-state index contributed by atoms with van der Waals surface area (Å²) >= 11 is 1.28. The Bertz CT molecular complexity index is 1400. The topological polar surface area (TPSA) is 64.3 Å². The maximum atomic E-state index is 13.5. The zero-order valence-electron chi connectivity index (χ0n) is 18.4. The minimum Gasteiger partial charge on any atom is -0.337 e. The van der Waals surface area contributed by atoms with Crippen molar-refractivity contribution < 1.29 is 4.79 Å². The molecule has 0 aliphatic carbocycles. The predicted molar refractivity (Wildman–Crippen MR) is 129 cm³/mol. The summed E-state index contributed by atoms with van der Waals surface area (Å²) in [5, 5.41) is 1.78. The fraction of sp³-hybridized carbons (Fsp3) is 0.240. The fourth-order valence-corrected chi connectivity index (χ4v) is 4.67. The van der Waals surface area contributed by atoms with Crippen LogP contribution >= 0.6 is 11.3 Å². The molecule has 0 bridgehead atoms. The number of aryl methyl sites for hydroxylation is 1. The molecule has 32 heavy (non-hydrogen) atoms. The van der Waals surface area contributed by atoms with Gasteiger partial charge in [-0.15, -0.1) is 11.3 Å². The van der Waals surface area contributed by atoms with Gasteiger partial charge in [-0.05, 0) is 55.0 Å². The van der Waals surface area contributed by atoms with E-state index in [1.807, 2.05) is 63.2 Å². The van der Waals surface area contributed by atoms with Crippen molar-refractivity contribution in [2.45, 2.75) is 33.9 Å². The summed E-state index contributed by atoms with van der Waals surface area (Å²) in [6, 6.07) is 17.0. The molecule has 0 fully saturated rings. The number of rotatable bonds is 6. The normalized spacial score (nSPS) is 11.1. The second-order valence-corrected chi connectivity index (χ2v) is 8.67. The Balaban J connectivity index is 1.80. The summed E-state index contributed by atoms with van der Waals surface area (Å²) in [7, 11) is 0. The van der Waals surface area contributed by atoms with E-state index in [1.54, 1.807) is 22.4 Å². The molecule has 2 aromatic heterocycles. The van der Waals surface area contributed by atoms with E-state index in [0.29, 0.717) is 29.0 Å². The Morgan fingerprint density at radius 1 is 1.00 bits per heavy atom. The number of fused-ring (bicyclic) bond motifs is 1. The molecule has 0 atom stereocenters. The minimum atomic E-state index is -0.501. The van der Waals surface area contributed by atoms with Gasteiger partial charge in [-0.25, -0.2) is 9.36 Å². The SMILES string of the molecule is CCN(Cc1ccccc1)C(=O)Cn1c(=O)n(-c2cccc(C)c2C)c(=O)c2sccc21. The molecule has 6 nitrogen and oxygen atoms in total. The van der Waals surface area contributed by atoms with E-state index < -0.39 is 5.69 Å². The molecule has 0 spiro atoms. The van der Waals surface area contributed by atoms with E-state index in [4.69, 9.17) is 0 Å². The number of thiophene rings is 1. The van der Waals surface area contributed by atoms with Gasteiger partial charge in [0.2, 0.25) is 5.91 Å². The van der Waals surface area contributed by atoms with Crippen molar-refractivity contribution in [2.75, 3.05) is 6.54 Å². The zero-order valence-corrected chi connectivity index (χ0v) is 19.2. The van der Waals surface area contributed by atoms with Gasteiger partial charge >= 0.3 is 5.69 Å². The number of carbonyl (C=O) groups excluding carboxylic acids is 1. The van der Waals surface area contributed by atoms with Crippen molar-refractivity contribution in [3.05, 3.63) is 97.5 Å². The van der Waals surface area contributed by atoms with Crippen molar-refractivity contribution in [3.8, 4) is 5.69 Å². The maximum absolute atomic E-state index is 13.5. The number of amides is 1. The molecule has 0 aliphatic heterocycles. The van der Waals surface area contributed by atoms with Crippen LogP contribution in [0.5, 0.6) is 0 Å². The summed E-state index contributed by atoms with van der Waals surface area (Å²) in [6.07, 6.45) is 0. The highest BCUT2D eigenvalue weighted by Crippen LogP contribution is 2.19. The van der Waals surface area contributed by atoms with Crippen LogP contribution in [0.2, 0.25) is 0 Å². The first kappa shape index (κ1) is 21.8. The molecule has 7 heteroatoms. The third-order valence-corrected chi connectivity index (χ3v) is 6.71. The van der Waals surface area contributed by atoms with Gasteiger partial charge in [0, 0.05) is 13.1 Å². The Labute approximate surface area is 190 Å². The van der Waals surface area contributed by atoms with E-state index in [-0.39, 0.29) is 18.0 Å². The monoisotopic (exact) mass is 447 g/mol. The lowest BCUT2D eigenvalue weighted by Crippen LogP contribution is -2.42. The average molecular weight is 448 g/mol. The van der Waals surface area contributed by atoms with Gasteiger partial charge in [0.25, 0.3) is 5.56 Å². The molecule has 1 amide bonds. The summed E-state index contributed by atoms with van der Waals surface area (Å²) in [4.78, 5) is 41.7. The molecule has 2 heterocycles. The molecule has 0 N–H and O–H groups in total. The van der Waals surface area contributed by atoms with Crippen LogP contribution < -0.4 is 11.2 Å². The molecule has 0 saturated carbocycles. The molecule has 0 unspecified atom stereocenters. The molecular formula is C25H25N3O3S. The van der Waals surface area contributed by atoms with Gasteiger partial charge in [0.05, 0.1) is 11.2 Å². The van der Waals surface area contributed by atoms with E-state index >= 15 is 0 Å². The van der Waals surface area contributed by atoms with Crippen molar-refractivity contribution >= 4 is 27.5 Å². The fourth-order valence-electron chi connectivity index (χ4n) is 3.85. The smallest absolute Gasteiger partial charge is 0.336 e. The van der Waals surface area contributed by atoms with Gasteiger partial charge in [0.1, 0.15) is 11.2 Å². The van der Waals surface area contributed by atoms with E-state index in [9.17, 15) is 14.4 Å². The largest absolute Gasteiger partial charge is 0.337 e. The number of benzene rings is 2. The third-order valence-electron chi connectivity index (χ3n) is 5.82.